The van der Waals surface area contributed by atoms with Crippen LogP contribution < -0.4 is 5.32 Å². The van der Waals surface area contributed by atoms with Crippen LogP contribution >= 0.6 is 11.6 Å². The highest BCUT2D eigenvalue weighted by atomic mass is 35.5. The molecule has 4 rings (SSSR count). The molecule has 4 nitrogen and oxygen atoms in total. The summed E-state index contributed by atoms with van der Waals surface area (Å²) in [6.45, 7) is 3.62. The second kappa shape index (κ2) is 8.36. The normalized spacial score (nSPS) is 13.9. The maximum Gasteiger partial charge on any atom is 0.278 e. The Morgan fingerprint density at radius 2 is 1.61 bits per heavy atom. The van der Waals surface area contributed by atoms with Gasteiger partial charge in [0.2, 0.25) is 0 Å². The molecule has 0 aromatic heterocycles. The molecule has 156 valence electrons. The van der Waals surface area contributed by atoms with Crippen LogP contribution in [0.25, 0.3) is 5.57 Å². The van der Waals surface area contributed by atoms with E-state index < -0.39 is 17.6 Å². The van der Waals surface area contributed by atoms with Crippen LogP contribution in [0, 0.1) is 19.7 Å². The number of benzene rings is 3. The van der Waals surface area contributed by atoms with E-state index >= 15 is 0 Å². The quantitative estimate of drug-likeness (QED) is 0.540. The lowest BCUT2D eigenvalue weighted by molar-refractivity contribution is -0.137. The van der Waals surface area contributed by atoms with Crippen molar-refractivity contribution in [2.45, 2.75) is 20.4 Å². The summed E-state index contributed by atoms with van der Waals surface area (Å²) in [4.78, 5) is 27.7. The number of imide groups is 1. The summed E-state index contributed by atoms with van der Waals surface area (Å²) in [7, 11) is 0. The Morgan fingerprint density at radius 1 is 0.903 bits per heavy atom. The molecule has 1 aliphatic heterocycles. The summed E-state index contributed by atoms with van der Waals surface area (Å²) in [6, 6.07) is 18.8. The number of hydrogen-bond donors (Lipinski definition) is 1. The van der Waals surface area contributed by atoms with Crippen LogP contribution in [0.5, 0.6) is 0 Å². The van der Waals surface area contributed by atoms with Crippen LogP contribution in [-0.4, -0.2) is 16.7 Å². The molecule has 1 heterocycles. The van der Waals surface area contributed by atoms with Gasteiger partial charge in [0.25, 0.3) is 11.8 Å². The molecule has 1 N–H and O–H groups in total. The van der Waals surface area contributed by atoms with Gasteiger partial charge in [-0.15, -0.1) is 0 Å². The Bertz CT molecular complexity index is 1220. The number of hydrogen-bond acceptors (Lipinski definition) is 3. The molecule has 0 bridgehead atoms. The van der Waals surface area contributed by atoms with Crippen molar-refractivity contribution < 1.29 is 14.0 Å². The van der Waals surface area contributed by atoms with Crippen LogP contribution in [-0.2, 0) is 16.1 Å². The first kappa shape index (κ1) is 20.8. The SMILES string of the molecule is Cc1ccc(C2=C(Nc3cccc(Cl)c3C)C(=O)N(Cc3ccccc3F)C2=O)cc1. The van der Waals surface area contributed by atoms with Gasteiger partial charge in [0.15, 0.2) is 0 Å². The lowest BCUT2D eigenvalue weighted by Crippen LogP contribution is -2.32. The van der Waals surface area contributed by atoms with Crippen molar-refractivity contribution in [1.29, 1.82) is 0 Å². The Labute approximate surface area is 185 Å². The van der Waals surface area contributed by atoms with Crippen LogP contribution in [0.3, 0.4) is 0 Å². The summed E-state index contributed by atoms with van der Waals surface area (Å²) in [5.74, 6) is -1.45. The van der Waals surface area contributed by atoms with E-state index in [4.69, 9.17) is 11.6 Å². The summed E-state index contributed by atoms with van der Waals surface area (Å²) in [6.07, 6.45) is 0. The van der Waals surface area contributed by atoms with Crippen molar-refractivity contribution in [3.8, 4) is 0 Å². The molecule has 0 saturated carbocycles. The van der Waals surface area contributed by atoms with Crippen molar-refractivity contribution in [3.05, 3.63) is 106 Å². The fraction of sp³-hybridized carbons (Fsp3) is 0.120. The largest absolute Gasteiger partial charge is 0.350 e. The van der Waals surface area contributed by atoms with Gasteiger partial charge in [0.1, 0.15) is 11.5 Å². The highest BCUT2D eigenvalue weighted by molar-refractivity contribution is 6.36. The smallest absolute Gasteiger partial charge is 0.278 e. The maximum atomic E-state index is 14.2. The van der Waals surface area contributed by atoms with E-state index in [0.29, 0.717) is 16.3 Å². The van der Waals surface area contributed by atoms with E-state index in [0.717, 1.165) is 16.0 Å². The lowest BCUT2D eigenvalue weighted by atomic mass is 10.0. The summed E-state index contributed by atoms with van der Waals surface area (Å²) in [5, 5.41) is 3.66. The number of nitrogens with zero attached hydrogens (tertiary/aromatic N) is 1. The Hall–Kier alpha value is -3.44. The van der Waals surface area contributed by atoms with Crippen molar-refractivity contribution in [2.75, 3.05) is 5.32 Å². The zero-order valence-electron chi connectivity index (χ0n) is 17.1. The van der Waals surface area contributed by atoms with Gasteiger partial charge >= 0.3 is 0 Å². The van der Waals surface area contributed by atoms with E-state index in [2.05, 4.69) is 5.32 Å². The van der Waals surface area contributed by atoms with Crippen LogP contribution in [0.4, 0.5) is 10.1 Å². The Morgan fingerprint density at radius 3 is 2.32 bits per heavy atom. The van der Waals surface area contributed by atoms with Gasteiger partial charge in [0, 0.05) is 16.3 Å². The molecule has 0 spiro atoms. The van der Waals surface area contributed by atoms with Crippen molar-refractivity contribution in [1.82, 2.24) is 4.90 Å². The number of carbonyl (C=O) groups is 2. The molecule has 1 aliphatic rings. The summed E-state index contributed by atoms with van der Waals surface area (Å²) >= 11 is 6.23. The zero-order chi connectivity index (χ0) is 22.1. The number of anilines is 1. The van der Waals surface area contributed by atoms with Gasteiger partial charge in [-0.2, -0.15) is 0 Å². The van der Waals surface area contributed by atoms with E-state index in [1.54, 1.807) is 48.5 Å². The molecule has 31 heavy (non-hydrogen) atoms. The minimum absolute atomic E-state index is 0.149. The standard InChI is InChI=1S/C25H20ClFN2O2/c1-15-10-12-17(13-11-15)22-23(28-21-9-5-7-19(26)16(21)2)25(31)29(24(22)30)14-18-6-3-4-8-20(18)27/h3-13,28H,14H2,1-2H3. The zero-order valence-corrected chi connectivity index (χ0v) is 17.8. The predicted octanol–water partition coefficient (Wildman–Crippen LogP) is 5.49. The predicted molar refractivity (Wildman–Crippen MR) is 120 cm³/mol. The highest BCUT2D eigenvalue weighted by Gasteiger charge is 2.39. The fourth-order valence-corrected chi connectivity index (χ4v) is 3.67. The number of nitrogens with one attached hydrogen (secondary N) is 1. The van der Waals surface area contributed by atoms with Crippen molar-refractivity contribution in [3.63, 3.8) is 0 Å². The summed E-state index contributed by atoms with van der Waals surface area (Å²) < 4.78 is 14.2. The number of aryl methyl sites for hydroxylation is 1. The van der Waals surface area contributed by atoms with E-state index in [1.165, 1.54) is 6.07 Å². The van der Waals surface area contributed by atoms with Gasteiger partial charge in [-0.3, -0.25) is 14.5 Å². The number of amides is 2. The van der Waals surface area contributed by atoms with Crippen LogP contribution in [0.1, 0.15) is 22.3 Å². The van der Waals surface area contributed by atoms with Gasteiger partial charge in [-0.25, -0.2) is 4.39 Å². The Balaban J connectivity index is 1.78. The molecule has 0 atom stereocenters. The van der Waals surface area contributed by atoms with Gasteiger partial charge in [0.05, 0.1) is 12.1 Å². The number of halogens is 2. The topological polar surface area (TPSA) is 49.4 Å². The molecule has 0 aliphatic carbocycles. The molecule has 3 aromatic rings. The third kappa shape index (κ3) is 3.97. The van der Waals surface area contributed by atoms with Crippen molar-refractivity contribution in [2.24, 2.45) is 0 Å². The first-order valence-electron chi connectivity index (χ1n) is 9.80. The van der Waals surface area contributed by atoms with Gasteiger partial charge < -0.3 is 5.32 Å². The molecule has 0 radical (unpaired) electrons. The average Bonchev–Trinajstić information content (AvgIpc) is 2.98. The van der Waals surface area contributed by atoms with E-state index in [-0.39, 0.29) is 23.4 Å². The van der Waals surface area contributed by atoms with Crippen molar-refractivity contribution >= 4 is 34.7 Å². The minimum Gasteiger partial charge on any atom is -0.350 e. The third-order valence-electron chi connectivity index (χ3n) is 5.32. The number of rotatable bonds is 5. The van der Waals surface area contributed by atoms with Crippen LogP contribution in [0.15, 0.2) is 72.4 Å². The second-order valence-electron chi connectivity index (χ2n) is 7.44. The molecule has 2 amide bonds. The lowest BCUT2D eigenvalue weighted by Gasteiger charge is -2.16. The summed E-state index contributed by atoms with van der Waals surface area (Å²) in [5.41, 5.74) is 3.70. The first-order chi connectivity index (χ1) is 14.9. The van der Waals surface area contributed by atoms with E-state index in [9.17, 15) is 14.0 Å². The van der Waals surface area contributed by atoms with Gasteiger partial charge in [-0.05, 0) is 43.2 Å². The average molecular weight is 435 g/mol. The third-order valence-corrected chi connectivity index (χ3v) is 5.73. The van der Waals surface area contributed by atoms with Gasteiger partial charge in [-0.1, -0.05) is 65.7 Å². The monoisotopic (exact) mass is 434 g/mol. The molecular weight excluding hydrogens is 415 g/mol. The molecule has 6 heteroatoms. The molecular formula is C25H20ClFN2O2. The molecule has 3 aromatic carbocycles. The highest BCUT2D eigenvalue weighted by Crippen LogP contribution is 2.33. The maximum absolute atomic E-state index is 14.2. The second-order valence-corrected chi connectivity index (χ2v) is 7.85. The van der Waals surface area contributed by atoms with Crippen LogP contribution in [0.2, 0.25) is 5.02 Å². The minimum atomic E-state index is -0.511. The number of carbonyl (C=O) groups excluding carboxylic acids is 2. The van der Waals surface area contributed by atoms with E-state index in [1.807, 2.05) is 26.0 Å². The fourth-order valence-electron chi connectivity index (χ4n) is 3.50. The molecule has 0 fully saturated rings. The molecule has 0 saturated heterocycles. The molecule has 0 unspecified atom stereocenters. The Kier molecular flexibility index (Phi) is 5.61. The first-order valence-corrected chi connectivity index (χ1v) is 10.2.